The van der Waals surface area contributed by atoms with Gasteiger partial charge in [-0.2, -0.15) is 0 Å². The van der Waals surface area contributed by atoms with Crippen LogP contribution in [0.25, 0.3) is 0 Å². The van der Waals surface area contributed by atoms with Gasteiger partial charge >= 0.3 is 0 Å². The Labute approximate surface area is 292 Å². The number of aliphatic hydroxyl groups is 1. The van der Waals surface area contributed by atoms with Crippen molar-refractivity contribution in [3.63, 3.8) is 0 Å². The van der Waals surface area contributed by atoms with Crippen LogP contribution in [0.5, 0.6) is 0 Å². The minimum atomic E-state index is -3.02. The molecule has 1 spiro atoms. The Balaban J connectivity index is 1.52. The smallest absolute Gasteiger partial charge is 0.264 e. The molecule has 3 heterocycles. The van der Waals surface area contributed by atoms with Crippen molar-refractivity contribution >= 4 is 37.4 Å². The first-order valence-corrected chi connectivity index (χ1v) is 20.7. The summed E-state index contributed by atoms with van der Waals surface area (Å²) in [7, 11) is -3.02. The van der Waals surface area contributed by atoms with Crippen LogP contribution in [0.1, 0.15) is 70.9 Å². The standard InChI is InChI=1S/C39H53N3O6Si/c1-27(2)12-10-13-28(3)19-21-42-33-18-17-31(41-20-11-16-35(41)44)24-32(33)39(38(42)46)29(4)37(49(5,6)47)34(48-39)25-36(45)40(22-23-43)26-30-14-8-7-9-15-30/h7-9,12,14-15,17-19,24,29,34,37,43,47H,10-11,13,16,20-23,25-26H2,1-6H3/b28-19+/t29-,34+,37-,39+/m1/s1. The fraction of sp³-hybridized carbons (Fsp3) is 0.513. The highest BCUT2D eigenvalue weighted by Crippen LogP contribution is 2.60. The maximum absolute atomic E-state index is 14.9. The summed E-state index contributed by atoms with van der Waals surface area (Å²) in [6.07, 6.45) is 6.63. The average molecular weight is 688 g/mol. The van der Waals surface area contributed by atoms with Crippen LogP contribution in [0, 0.1) is 5.92 Å². The maximum atomic E-state index is 14.9. The van der Waals surface area contributed by atoms with Gasteiger partial charge in [0.25, 0.3) is 5.91 Å². The fourth-order valence-corrected chi connectivity index (χ4v) is 10.5. The van der Waals surface area contributed by atoms with Crippen molar-refractivity contribution in [2.45, 2.75) is 96.7 Å². The van der Waals surface area contributed by atoms with E-state index in [1.54, 1.807) is 14.7 Å². The number of nitrogens with zero attached hydrogens (tertiary/aromatic N) is 3. The Morgan fingerprint density at radius 3 is 2.47 bits per heavy atom. The normalized spacial score (nSPS) is 23.8. The zero-order valence-corrected chi connectivity index (χ0v) is 30.9. The molecule has 4 atom stereocenters. The molecule has 3 aliphatic rings. The molecule has 0 bridgehead atoms. The first-order chi connectivity index (χ1) is 23.3. The van der Waals surface area contributed by atoms with E-state index in [4.69, 9.17) is 4.74 Å². The van der Waals surface area contributed by atoms with E-state index in [1.807, 2.05) is 68.5 Å². The molecule has 0 aliphatic carbocycles. The summed E-state index contributed by atoms with van der Waals surface area (Å²) >= 11 is 0. The summed E-state index contributed by atoms with van der Waals surface area (Å²) in [6.45, 7) is 13.2. The van der Waals surface area contributed by atoms with E-state index in [1.165, 1.54) is 11.1 Å². The Morgan fingerprint density at radius 1 is 1.10 bits per heavy atom. The van der Waals surface area contributed by atoms with Gasteiger partial charge in [0, 0.05) is 55.3 Å². The number of benzene rings is 2. The molecule has 3 aliphatic heterocycles. The summed E-state index contributed by atoms with van der Waals surface area (Å²) < 4.78 is 6.96. The molecule has 2 fully saturated rings. The predicted octanol–water partition coefficient (Wildman–Crippen LogP) is 6.06. The van der Waals surface area contributed by atoms with Crippen LogP contribution < -0.4 is 9.80 Å². The largest absolute Gasteiger partial charge is 0.432 e. The Morgan fingerprint density at radius 2 is 1.84 bits per heavy atom. The molecule has 5 rings (SSSR count). The lowest BCUT2D eigenvalue weighted by Gasteiger charge is -2.33. The summed E-state index contributed by atoms with van der Waals surface area (Å²) in [5, 5.41) is 9.84. The third-order valence-corrected chi connectivity index (χ3v) is 12.9. The van der Waals surface area contributed by atoms with Gasteiger partial charge in [-0.15, -0.1) is 0 Å². The molecular weight excluding hydrogens is 635 g/mol. The van der Waals surface area contributed by atoms with Gasteiger partial charge in [-0.1, -0.05) is 60.6 Å². The minimum absolute atomic E-state index is 0.0309. The van der Waals surface area contributed by atoms with Gasteiger partial charge in [0.2, 0.25) is 11.8 Å². The van der Waals surface area contributed by atoms with E-state index in [-0.39, 0.29) is 37.3 Å². The minimum Gasteiger partial charge on any atom is -0.432 e. The van der Waals surface area contributed by atoms with Crippen molar-refractivity contribution in [3.8, 4) is 0 Å². The van der Waals surface area contributed by atoms with Crippen LogP contribution >= 0.6 is 0 Å². The molecule has 9 nitrogen and oxygen atoms in total. The van der Waals surface area contributed by atoms with Crippen LogP contribution in [0.2, 0.25) is 18.6 Å². The number of fused-ring (bicyclic) bond motifs is 2. The molecule has 49 heavy (non-hydrogen) atoms. The number of aliphatic hydroxyl groups excluding tert-OH is 1. The van der Waals surface area contributed by atoms with E-state index in [9.17, 15) is 24.3 Å². The second kappa shape index (κ2) is 15.1. The molecule has 3 amide bonds. The second-order valence-electron chi connectivity index (χ2n) is 14.7. The zero-order chi connectivity index (χ0) is 35.5. The zero-order valence-electron chi connectivity index (χ0n) is 29.9. The lowest BCUT2D eigenvalue weighted by atomic mass is 9.82. The Bertz CT molecular complexity index is 1600. The van der Waals surface area contributed by atoms with Gasteiger partial charge in [0.1, 0.15) is 0 Å². The molecular formula is C39H53N3O6Si. The van der Waals surface area contributed by atoms with Gasteiger partial charge in [-0.25, -0.2) is 0 Å². The number of ether oxygens (including phenoxy) is 1. The summed E-state index contributed by atoms with van der Waals surface area (Å²) in [5.41, 5.74) is 3.69. The van der Waals surface area contributed by atoms with Crippen molar-refractivity contribution in [2.24, 2.45) is 5.92 Å². The quantitative estimate of drug-likeness (QED) is 0.196. The van der Waals surface area contributed by atoms with E-state index in [0.29, 0.717) is 31.6 Å². The number of anilines is 2. The molecule has 2 aromatic rings. The molecule has 0 saturated carbocycles. The first-order valence-electron chi connectivity index (χ1n) is 17.7. The van der Waals surface area contributed by atoms with E-state index < -0.39 is 31.5 Å². The first kappa shape index (κ1) is 36.7. The summed E-state index contributed by atoms with van der Waals surface area (Å²) in [4.78, 5) is 58.6. The Kier molecular flexibility index (Phi) is 11.3. The monoisotopic (exact) mass is 687 g/mol. The van der Waals surface area contributed by atoms with E-state index in [2.05, 4.69) is 32.9 Å². The molecule has 2 N–H and O–H groups in total. The highest BCUT2D eigenvalue weighted by Gasteiger charge is 2.66. The number of carbonyl (C=O) groups is 3. The lowest BCUT2D eigenvalue weighted by Crippen LogP contribution is -2.46. The topological polar surface area (TPSA) is 111 Å². The molecule has 10 heteroatoms. The Hall–Kier alpha value is -3.57. The SMILES string of the molecule is CC(C)=CCC/C(C)=C/CN1C(=O)[C@@]2(O[C@@H](CC(=O)N(CCO)Cc3ccccc3)[C@H]([Si](C)(C)O)[C@H]2C)c2cc(N3CCCC3=O)ccc21. The van der Waals surface area contributed by atoms with Gasteiger partial charge in [0.15, 0.2) is 13.9 Å². The summed E-state index contributed by atoms with van der Waals surface area (Å²) in [6, 6.07) is 15.4. The predicted molar refractivity (Wildman–Crippen MR) is 196 cm³/mol. The van der Waals surface area contributed by atoms with Crippen molar-refractivity contribution < 1.29 is 29.0 Å². The van der Waals surface area contributed by atoms with Gasteiger partial charge in [0.05, 0.1) is 24.8 Å². The van der Waals surface area contributed by atoms with Crippen LogP contribution in [0.3, 0.4) is 0 Å². The van der Waals surface area contributed by atoms with Crippen molar-refractivity contribution in [3.05, 3.63) is 83.0 Å². The lowest BCUT2D eigenvalue weighted by molar-refractivity contribution is -0.149. The number of rotatable bonds is 13. The molecule has 2 saturated heterocycles. The third kappa shape index (κ3) is 7.62. The second-order valence-corrected chi connectivity index (χ2v) is 18.7. The van der Waals surface area contributed by atoms with Gasteiger partial charge < -0.3 is 29.3 Å². The molecule has 0 radical (unpaired) electrons. The number of amides is 3. The fourth-order valence-electron chi connectivity index (χ4n) is 7.99. The van der Waals surface area contributed by atoms with Crippen LogP contribution in [-0.4, -0.2) is 73.2 Å². The highest BCUT2D eigenvalue weighted by atomic mass is 28.4. The average Bonchev–Trinajstić information content (AvgIpc) is 3.68. The number of hydrogen-bond donors (Lipinski definition) is 2. The van der Waals surface area contributed by atoms with Crippen LogP contribution in [-0.2, 0) is 31.3 Å². The van der Waals surface area contributed by atoms with Gasteiger partial charge in [-0.3, -0.25) is 14.4 Å². The van der Waals surface area contributed by atoms with Crippen molar-refractivity contribution in [1.29, 1.82) is 0 Å². The van der Waals surface area contributed by atoms with Crippen LogP contribution in [0.15, 0.2) is 71.8 Å². The van der Waals surface area contributed by atoms with Crippen molar-refractivity contribution in [1.82, 2.24) is 4.90 Å². The molecule has 0 unspecified atom stereocenters. The van der Waals surface area contributed by atoms with Crippen LogP contribution in [0.4, 0.5) is 11.4 Å². The number of allylic oxidation sites excluding steroid dienone is 3. The molecule has 264 valence electrons. The summed E-state index contributed by atoms with van der Waals surface area (Å²) in [5.74, 6) is -0.800. The third-order valence-electron chi connectivity index (χ3n) is 10.4. The highest BCUT2D eigenvalue weighted by molar-refractivity contribution is 6.71. The van der Waals surface area contributed by atoms with E-state index in [0.717, 1.165) is 36.2 Å². The van der Waals surface area contributed by atoms with Gasteiger partial charge in [-0.05, 0) is 76.9 Å². The van der Waals surface area contributed by atoms with Crippen molar-refractivity contribution in [2.75, 3.05) is 36.0 Å². The molecule has 0 aromatic heterocycles. The molecule has 2 aromatic carbocycles. The van der Waals surface area contributed by atoms with E-state index >= 15 is 0 Å². The number of carbonyl (C=O) groups excluding carboxylic acids is 3. The maximum Gasteiger partial charge on any atom is 0.264 e. The number of hydrogen-bond acceptors (Lipinski definition) is 6.